The monoisotopic (exact) mass is 2000 g/mol. The highest BCUT2D eigenvalue weighted by molar-refractivity contribution is 6.32. The fourth-order valence-corrected chi connectivity index (χ4v) is 15.2. The quantitative estimate of drug-likeness (QED) is 0.0133. The van der Waals surface area contributed by atoms with Crippen LogP contribution >= 0.6 is 58.8 Å². The number of esters is 1. The van der Waals surface area contributed by atoms with Crippen molar-refractivity contribution in [2.24, 2.45) is 22.4 Å². The zero-order valence-electron chi connectivity index (χ0n) is 79.6. The van der Waals surface area contributed by atoms with Crippen LogP contribution in [0.25, 0.3) is 43.1 Å². The van der Waals surface area contributed by atoms with Crippen molar-refractivity contribution in [2.75, 3.05) is 36.0 Å². The van der Waals surface area contributed by atoms with Gasteiger partial charge in [-0.2, -0.15) is 0 Å². The van der Waals surface area contributed by atoms with E-state index in [1.807, 2.05) is 115 Å². The molecular formula is C109H114Cl5N13O14. The van der Waals surface area contributed by atoms with Crippen LogP contribution in [-0.4, -0.2) is 147 Å². The maximum absolute atomic E-state index is 12.9. The number of ether oxygens (including phenoxy) is 2. The zero-order valence-corrected chi connectivity index (χ0v) is 83.5. The Balaban J connectivity index is 0.000000225. The number of aliphatic hydroxyl groups is 2. The molecule has 2 aliphatic rings. The maximum Gasteiger partial charge on any atom is 0.414 e. The number of fused-ring (bicyclic) bond motifs is 4. The second-order valence-electron chi connectivity index (χ2n) is 35.2. The summed E-state index contributed by atoms with van der Waals surface area (Å²) in [7, 11) is 0. The average molecular weight is 2010 g/mol. The van der Waals surface area contributed by atoms with Gasteiger partial charge in [0.1, 0.15) is 34.5 Å². The van der Waals surface area contributed by atoms with Gasteiger partial charge in [0.25, 0.3) is 17.8 Å². The summed E-state index contributed by atoms with van der Waals surface area (Å²) in [6.45, 7) is 16.2. The average Bonchev–Trinajstić information content (AvgIpc) is 0.808. The number of amides is 2. The van der Waals surface area contributed by atoms with Crippen molar-refractivity contribution in [3.05, 3.63) is 281 Å². The summed E-state index contributed by atoms with van der Waals surface area (Å²) in [5, 5.41) is 46.5. The third kappa shape index (κ3) is 36.8. The van der Waals surface area contributed by atoms with E-state index in [2.05, 4.69) is 77.6 Å². The molecule has 0 bridgehead atoms. The van der Waals surface area contributed by atoms with E-state index in [4.69, 9.17) is 110 Å². The molecule has 0 spiro atoms. The fourth-order valence-electron chi connectivity index (χ4n) is 14.5. The Kier molecular flexibility index (Phi) is 42.8. The fraction of sp³-hybridized carbons (Fsp3) is 0.294. The number of carbonyl (C=O) groups is 8. The Labute approximate surface area is 846 Å². The first-order valence-corrected chi connectivity index (χ1v) is 46.7. The van der Waals surface area contributed by atoms with Gasteiger partial charge in [-0.25, -0.2) is 29.7 Å². The number of nitrogens with zero attached hydrogens (tertiary/aromatic N) is 6. The summed E-state index contributed by atoms with van der Waals surface area (Å²) < 4.78 is 10.4. The lowest BCUT2D eigenvalue weighted by molar-refractivity contribution is -0.155. The zero-order chi connectivity index (χ0) is 102. The second-order valence-corrected chi connectivity index (χ2v) is 36.9. The van der Waals surface area contributed by atoms with Gasteiger partial charge in [0.05, 0.1) is 40.5 Å². The number of rotatable bonds is 17. The molecule has 17 N–H and O–H groups in total. The number of aliphatic hydroxyl groups excluding tert-OH is 2. The highest BCUT2D eigenvalue weighted by Crippen LogP contribution is 2.33. The van der Waals surface area contributed by atoms with Gasteiger partial charge in [-0.05, 0) is 215 Å². The summed E-state index contributed by atoms with van der Waals surface area (Å²) in [5.74, 6) is 24.5. The number of piperidine rings is 1. The highest BCUT2D eigenvalue weighted by atomic mass is 35.5. The molecule has 27 nitrogen and oxygen atoms in total. The topological polar surface area (TPSA) is 471 Å². The van der Waals surface area contributed by atoms with Crippen LogP contribution < -0.4 is 39.7 Å². The number of Topliss-reactive ketones (excluding diaryl/α,β-unsaturated/α-hetero) is 3. The van der Waals surface area contributed by atoms with Gasteiger partial charge in [-0.3, -0.25) is 38.9 Å². The number of ketones is 3. The van der Waals surface area contributed by atoms with Crippen LogP contribution in [0.2, 0.25) is 20.1 Å². The van der Waals surface area contributed by atoms with Crippen molar-refractivity contribution in [2.45, 2.75) is 188 Å². The number of nitrogens with two attached hydrogens (primary N) is 6. The molecule has 1 saturated carbocycles. The van der Waals surface area contributed by atoms with E-state index in [-0.39, 0.29) is 91.3 Å². The van der Waals surface area contributed by atoms with Gasteiger partial charge in [0, 0.05) is 191 Å². The number of carbonyl (C=O) groups excluding carboxylic acids is 6. The number of guanidine groups is 1. The summed E-state index contributed by atoms with van der Waals surface area (Å²) in [6.07, 6.45) is 12.8. The molecule has 1 aliphatic carbocycles. The van der Waals surface area contributed by atoms with Gasteiger partial charge in [-0.15, -0.1) is 12.4 Å². The number of pyridine rings is 4. The molecule has 2 fully saturated rings. The Morgan fingerprint density at radius 2 is 0.794 bits per heavy atom. The molecule has 2 unspecified atom stereocenters. The van der Waals surface area contributed by atoms with Gasteiger partial charge >= 0.3 is 12.1 Å². The van der Waals surface area contributed by atoms with E-state index in [1.54, 1.807) is 133 Å². The number of anilines is 4. The lowest BCUT2D eigenvalue weighted by Crippen LogP contribution is -2.42. The minimum Gasteiger partial charge on any atom is -0.481 e. The first kappa shape index (κ1) is 112. The van der Waals surface area contributed by atoms with Crippen LogP contribution in [0.5, 0.6) is 0 Å². The number of aromatic nitrogens is 4. The van der Waals surface area contributed by atoms with Crippen LogP contribution in [0.1, 0.15) is 238 Å². The van der Waals surface area contributed by atoms with E-state index in [9.17, 15) is 39.0 Å². The van der Waals surface area contributed by atoms with Crippen LogP contribution in [0.15, 0.2) is 200 Å². The number of nitrogen functional groups attached to an aromatic ring is 4. The molecular weight excluding hydrogens is 1890 g/mol. The third-order valence-electron chi connectivity index (χ3n) is 21.6. The standard InChI is InChI=1S/C31H34ClN5O3.C28H29ClN2O4.C23H21ClN4O.C23H21ClN2O2.2C2H4O2.ClH/c1-31(2,3)40-30(39)37-29(34)36-24-13-6-20(7-14-24)16-27(38)21-9-4-19(5-10-21)8-15-25-26-17-23(32)12-11-22(26)18-35-28(25)33;1-28(2,3)35-26(34)15-12-22(32)11-14-25(33)19-7-4-18(5-8-19)6-13-23-24-16-21(29)10-9-20(24)17-31-27(23)30;24-18-6-5-17-14-27-22(26)20(21(17)13-18)7-4-15-2-1-3-16(12-15)23(29)28-10-8-19(25)9-11-28;1-2-19(27)10-12-22(28)16-6-3-15(4-7-16)5-11-20-21-13-18(24)9-8-17(21)14-26-23(20)25;2*1-2(3)4;/h4-5,9-12,17-18,20,24H,6-7,13-14,16H2,1-3H3,(H2,33,35)(H3,34,36,37,39);4-5,7-10,16-17,22,32H,11-12,14-15H2,1-3H3,(H2,30,31);1-3,5-6,12-14,19H,8-11,25H2,(H2,26,27);3-4,6-9,13-14,19,27H,2,10,12H2,1H3,(H2,25,26);2*1H3,(H,3,4);1H. The molecule has 8 aromatic carbocycles. The molecule has 4 aromatic heterocycles. The Bertz CT molecular complexity index is 6770. The molecule has 32 heteroatoms. The van der Waals surface area contributed by atoms with E-state index in [1.165, 1.54) is 0 Å². The molecule has 2 atom stereocenters. The van der Waals surface area contributed by atoms with Crippen molar-refractivity contribution in [1.29, 1.82) is 0 Å². The van der Waals surface area contributed by atoms with E-state index in [0.717, 1.165) is 118 Å². The first-order chi connectivity index (χ1) is 66.4. The van der Waals surface area contributed by atoms with Crippen molar-refractivity contribution < 1.29 is 68.3 Å². The number of hydrogen-bond acceptors (Lipinski definition) is 22. The summed E-state index contributed by atoms with van der Waals surface area (Å²) in [6, 6.07) is 50.9. The lowest BCUT2D eigenvalue weighted by atomic mass is 9.82. The molecule has 1 saturated heterocycles. The summed E-state index contributed by atoms with van der Waals surface area (Å²) in [5.41, 5.74) is 42.8. The molecule has 14 rings (SSSR count). The number of halogens is 5. The van der Waals surface area contributed by atoms with Gasteiger partial charge in [0.15, 0.2) is 23.3 Å². The molecule has 2 amide bonds. The third-order valence-corrected chi connectivity index (χ3v) is 22.6. The summed E-state index contributed by atoms with van der Waals surface area (Å²) in [4.78, 5) is 115. The van der Waals surface area contributed by atoms with Gasteiger partial charge in [0.2, 0.25) is 0 Å². The number of carboxylic acid groups (broad SMARTS) is 2. The largest absolute Gasteiger partial charge is 0.481 e. The van der Waals surface area contributed by atoms with Crippen LogP contribution in [0.4, 0.5) is 28.1 Å². The molecule has 0 radical (unpaired) electrons. The maximum atomic E-state index is 12.9. The molecule has 12 aromatic rings. The van der Waals surface area contributed by atoms with Gasteiger partial charge < -0.3 is 69.2 Å². The summed E-state index contributed by atoms with van der Waals surface area (Å²) >= 11 is 24.5. The van der Waals surface area contributed by atoms with Crippen molar-refractivity contribution >= 4 is 178 Å². The number of nitrogens with one attached hydrogen (secondary N) is 1. The van der Waals surface area contributed by atoms with E-state index < -0.39 is 41.4 Å². The van der Waals surface area contributed by atoms with Gasteiger partial charge in [-0.1, -0.05) is 167 Å². The SMILES string of the molecule is CC(=O)O.CC(=O)O.CC(C)(C)OC(=O)CCC(O)CCC(=O)c1ccc(C#Cc2c(N)ncc3ccc(Cl)cc23)cc1.CC(C)(C)OC(=O)NC(N)=NC1CCC(CC(=O)c2ccc(C#Cc3c(N)ncc4ccc(Cl)cc34)cc2)CC1.CCC(O)CCC(=O)c1ccc(C#Cc2c(N)ncc3ccc(Cl)cc23)cc1.Cl.Nc1ncc2ccc(Cl)cc2c1C#Cc1cccc(C(=O)N2CCC(N)CC2)c1. The minimum absolute atomic E-state index is 0. The molecule has 1 aliphatic heterocycles. The molecule has 141 heavy (non-hydrogen) atoms. The normalized spacial score (nSPS) is 13.6. The molecule has 5 heterocycles. The van der Waals surface area contributed by atoms with E-state index >= 15 is 0 Å². The minimum atomic E-state index is -0.833. The lowest BCUT2D eigenvalue weighted by Gasteiger charge is -2.30. The Morgan fingerprint density at radius 3 is 1.15 bits per heavy atom. The Morgan fingerprint density at radius 1 is 0.454 bits per heavy atom. The van der Waals surface area contributed by atoms with Crippen LogP contribution in [-0.2, 0) is 23.9 Å². The van der Waals surface area contributed by atoms with Crippen molar-refractivity contribution in [1.82, 2.24) is 30.2 Å². The number of carboxylic acids is 2. The van der Waals surface area contributed by atoms with Crippen molar-refractivity contribution in [3.8, 4) is 47.4 Å². The van der Waals surface area contributed by atoms with Crippen LogP contribution in [0.3, 0.4) is 0 Å². The number of aliphatic carboxylic acids is 2. The van der Waals surface area contributed by atoms with Crippen molar-refractivity contribution in [3.63, 3.8) is 0 Å². The van der Waals surface area contributed by atoms with Crippen LogP contribution in [0, 0.1) is 53.3 Å². The second kappa shape index (κ2) is 53.8. The number of aliphatic imine (C=N–C) groups is 1. The predicted molar refractivity (Wildman–Crippen MR) is 562 cm³/mol. The number of benzene rings is 8. The first-order valence-electron chi connectivity index (χ1n) is 45.2. The number of hydrogen-bond donors (Lipinski definition) is 11. The number of alkyl carbamates (subject to hydrolysis) is 1. The number of likely N-dealkylation sites (tertiary alicyclic amines) is 1. The smallest absolute Gasteiger partial charge is 0.414 e. The predicted octanol–water partition coefficient (Wildman–Crippen LogP) is 19.8. The Hall–Kier alpha value is -14.2. The van der Waals surface area contributed by atoms with E-state index in [0.29, 0.717) is 127 Å². The molecule has 734 valence electrons. The highest BCUT2D eigenvalue weighted by Gasteiger charge is 2.27.